The molecule has 0 amide bonds. The predicted octanol–water partition coefficient (Wildman–Crippen LogP) is 4.01. The largest absolute Gasteiger partial charge is 0.344 e. The maximum atomic E-state index is 14.1. The Hall–Kier alpha value is -1.87. The molecule has 3 heteroatoms. The first kappa shape index (κ1) is 14.5. The van der Waals surface area contributed by atoms with Crippen LogP contribution >= 0.6 is 0 Å². The topological polar surface area (TPSA) is 15.3 Å². The van der Waals surface area contributed by atoms with Crippen molar-refractivity contribution < 1.29 is 4.39 Å². The number of benzene rings is 2. The van der Waals surface area contributed by atoms with E-state index in [-0.39, 0.29) is 5.82 Å². The Balaban J connectivity index is 2.41. The lowest BCUT2D eigenvalue weighted by Crippen LogP contribution is -2.18. The number of aryl methyl sites for hydroxylation is 1. The SMILES string of the molecule is CCNCc1c(F)cccc1N(C)c1ccccc1C. The van der Waals surface area contributed by atoms with Gasteiger partial charge in [0.1, 0.15) is 5.82 Å². The molecule has 0 aliphatic carbocycles. The molecule has 0 unspecified atom stereocenters. The van der Waals surface area contributed by atoms with Gasteiger partial charge in [-0.2, -0.15) is 0 Å². The summed E-state index contributed by atoms with van der Waals surface area (Å²) in [5.74, 6) is -0.163. The fraction of sp³-hybridized carbons (Fsp3) is 0.294. The molecule has 0 aliphatic rings. The zero-order valence-electron chi connectivity index (χ0n) is 12.3. The summed E-state index contributed by atoms with van der Waals surface area (Å²) in [6.07, 6.45) is 0. The van der Waals surface area contributed by atoms with Crippen molar-refractivity contribution in [1.82, 2.24) is 5.32 Å². The molecule has 0 radical (unpaired) electrons. The van der Waals surface area contributed by atoms with E-state index in [4.69, 9.17) is 0 Å². The Labute approximate surface area is 120 Å². The van der Waals surface area contributed by atoms with E-state index in [0.29, 0.717) is 12.1 Å². The third-order valence-corrected chi connectivity index (χ3v) is 3.48. The van der Waals surface area contributed by atoms with Gasteiger partial charge in [-0.3, -0.25) is 0 Å². The number of halogens is 1. The molecule has 1 N–H and O–H groups in total. The van der Waals surface area contributed by atoms with Gasteiger partial charge >= 0.3 is 0 Å². The van der Waals surface area contributed by atoms with Crippen LogP contribution < -0.4 is 10.2 Å². The Kier molecular flexibility index (Phi) is 4.74. The van der Waals surface area contributed by atoms with Crippen molar-refractivity contribution in [2.45, 2.75) is 20.4 Å². The van der Waals surface area contributed by atoms with E-state index < -0.39 is 0 Å². The van der Waals surface area contributed by atoms with Gasteiger partial charge < -0.3 is 10.2 Å². The van der Waals surface area contributed by atoms with E-state index in [1.165, 1.54) is 11.6 Å². The van der Waals surface area contributed by atoms with Gasteiger partial charge in [-0.15, -0.1) is 0 Å². The fourth-order valence-electron chi connectivity index (χ4n) is 2.36. The molecule has 0 bridgehead atoms. The molecule has 2 nitrogen and oxygen atoms in total. The van der Waals surface area contributed by atoms with E-state index in [1.807, 2.05) is 37.1 Å². The van der Waals surface area contributed by atoms with Crippen molar-refractivity contribution in [2.24, 2.45) is 0 Å². The summed E-state index contributed by atoms with van der Waals surface area (Å²) >= 11 is 0. The highest BCUT2D eigenvalue weighted by Gasteiger charge is 2.13. The summed E-state index contributed by atoms with van der Waals surface area (Å²) in [6.45, 7) is 5.44. The Bertz CT molecular complexity index is 581. The zero-order chi connectivity index (χ0) is 14.5. The van der Waals surface area contributed by atoms with Gasteiger partial charge in [0, 0.05) is 30.5 Å². The summed E-state index contributed by atoms with van der Waals surface area (Å²) in [5.41, 5.74) is 3.88. The van der Waals surface area contributed by atoms with Gasteiger partial charge in [-0.05, 0) is 37.2 Å². The van der Waals surface area contributed by atoms with E-state index in [2.05, 4.69) is 24.4 Å². The zero-order valence-corrected chi connectivity index (χ0v) is 12.3. The minimum absolute atomic E-state index is 0.163. The average molecular weight is 272 g/mol. The molecule has 0 aliphatic heterocycles. The average Bonchev–Trinajstić information content (AvgIpc) is 2.45. The molecule has 20 heavy (non-hydrogen) atoms. The van der Waals surface area contributed by atoms with E-state index in [1.54, 1.807) is 6.07 Å². The van der Waals surface area contributed by atoms with Crippen LogP contribution in [0.15, 0.2) is 42.5 Å². The van der Waals surface area contributed by atoms with Crippen LogP contribution in [0.4, 0.5) is 15.8 Å². The van der Waals surface area contributed by atoms with Crippen molar-refractivity contribution in [1.29, 1.82) is 0 Å². The quantitative estimate of drug-likeness (QED) is 0.884. The summed E-state index contributed by atoms with van der Waals surface area (Å²) < 4.78 is 14.1. The van der Waals surface area contributed by atoms with Gasteiger partial charge in [0.05, 0.1) is 0 Å². The van der Waals surface area contributed by atoms with Crippen LogP contribution in [0.1, 0.15) is 18.1 Å². The predicted molar refractivity (Wildman–Crippen MR) is 83.0 cm³/mol. The van der Waals surface area contributed by atoms with Crippen LogP contribution in [0.3, 0.4) is 0 Å². The van der Waals surface area contributed by atoms with Gasteiger partial charge in [0.2, 0.25) is 0 Å². The summed E-state index contributed by atoms with van der Waals surface area (Å²) in [7, 11) is 1.98. The van der Waals surface area contributed by atoms with Crippen molar-refractivity contribution in [3.05, 3.63) is 59.4 Å². The standard InChI is InChI=1S/C17H21FN2/c1-4-19-12-14-15(18)9-7-11-17(14)20(3)16-10-6-5-8-13(16)2/h5-11,19H,4,12H2,1-3H3. The minimum Gasteiger partial charge on any atom is -0.344 e. The lowest BCUT2D eigenvalue weighted by molar-refractivity contribution is 0.593. The normalized spacial score (nSPS) is 10.6. The number of para-hydroxylation sites is 1. The monoisotopic (exact) mass is 272 g/mol. The van der Waals surface area contributed by atoms with Gasteiger partial charge in [-0.1, -0.05) is 31.2 Å². The molecule has 0 saturated carbocycles. The van der Waals surface area contributed by atoms with Gasteiger partial charge in [0.25, 0.3) is 0 Å². The Morgan fingerprint density at radius 3 is 2.45 bits per heavy atom. The highest BCUT2D eigenvalue weighted by Crippen LogP contribution is 2.30. The third-order valence-electron chi connectivity index (χ3n) is 3.48. The number of hydrogen-bond donors (Lipinski definition) is 1. The smallest absolute Gasteiger partial charge is 0.129 e. The minimum atomic E-state index is -0.163. The molecule has 106 valence electrons. The Morgan fingerprint density at radius 1 is 1.05 bits per heavy atom. The lowest BCUT2D eigenvalue weighted by atomic mass is 10.1. The summed E-state index contributed by atoms with van der Waals surface area (Å²) in [6, 6.07) is 13.4. The van der Waals surface area contributed by atoms with Crippen LogP contribution in [0.2, 0.25) is 0 Å². The third kappa shape index (κ3) is 2.99. The first-order valence-electron chi connectivity index (χ1n) is 6.92. The highest BCUT2D eigenvalue weighted by atomic mass is 19.1. The van der Waals surface area contributed by atoms with E-state index in [9.17, 15) is 4.39 Å². The first-order valence-corrected chi connectivity index (χ1v) is 6.92. The molecule has 0 fully saturated rings. The molecule has 2 aromatic carbocycles. The number of anilines is 2. The number of nitrogens with zero attached hydrogens (tertiary/aromatic N) is 1. The number of rotatable bonds is 5. The van der Waals surface area contributed by atoms with Crippen molar-refractivity contribution in [3.8, 4) is 0 Å². The van der Waals surface area contributed by atoms with Crippen LogP contribution in [-0.2, 0) is 6.54 Å². The Morgan fingerprint density at radius 2 is 1.75 bits per heavy atom. The van der Waals surface area contributed by atoms with Gasteiger partial charge in [0.15, 0.2) is 0 Å². The molecule has 0 saturated heterocycles. The second-order valence-corrected chi connectivity index (χ2v) is 4.86. The molecule has 2 aromatic rings. The highest BCUT2D eigenvalue weighted by molar-refractivity contribution is 5.68. The molecular formula is C17H21FN2. The maximum Gasteiger partial charge on any atom is 0.129 e. The van der Waals surface area contributed by atoms with E-state index >= 15 is 0 Å². The first-order chi connectivity index (χ1) is 9.65. The van der Waals surface area contributed by atoms with Crippen LogP contribution in [-0.4, -0.2) is 13.6 Å². The number of nitrogens with one attached hydrogen (secondary N) is 1. The number of hydrogen-bond acceptors (Lipinski definition) is 2. The fourth-order valence-corrected chi connectivity index (χ4v) is 2.36. The molecule has 0 heterocycles. The van der Waals surface area contributed by atoms with Crippen LogP contribution in [0.5, 0.6) is 0 Å². The van der Waals surface area contributed by atoms with Crippen LogP contribution in [0, 0.1) is 12.7 Å². The summed E-state index contributed by atoms with van der Waals surface area (Å²) in [4.78, 5) is 2.05. The summed E-state index contributed by atoms with van der Waals surface area (Å²) in [5, 5.41) is 3.20. The molecule has 2 rings (SSSR count). The molecular weight excluding hydrogens is 251 g/mol. The van der Waals surface area contributed by atoms with Crippen LogP contribution in [0.25, 0.3) is 0 Å². The van der Waals surface area contributed by atoms with Crippen molar-refractivity contribution >= 4 is 11.4 Å². The van der Waals surface area contributed by atoms with Crippen molar-refractivity contribution in [2.75, 3.05) is 18.5 Å². The lowest BCUT2D eigenvalue weighted by Gasteiger charge is -2.24. The second kappa shape index (κ2) is 6.53. The molecule has 0 aromatic heterocycles. The van der Waals surface area contributed by atoms with Crippen molar-refractivity contribution in [3.63, 3.8) is 0 Å². The second-order valence-electron chi connectivity index (χ2n) is 4.86. The molecule has 0 atom stereocenters. The molecule has 0 spiro atoms. The van der Waals surface area contributed by atoms with E-state index in [0.717, 1.165) is 17.9 Å². The van der Waals surface area contributed by atoms with Gasteiger partial charge in [-0.25, -0.2) is 4.39 Å². The maximum absolute atomic E-state index is 14.1.